The van der Waals surface area contributed by atoms with E-state index in [4.69, 9.17) is 0 Å². The number of hydrogen-bond acceptors (Lipinski definition) is 3. The monoisotopic (exact) mass is 220 g/mol. The highest BCUT2D eigenvalue weighted by molar-refractivity contribution is 5.83. The molecule has 0 N–H and O–H groups in total. The predicted octanol–water partition coefficient (Wildman–Crippen LogP) is 1.92. The average Bonchev–Trinajstić information content (AvgIpc) is 2.35. The van der Waals surface area contributed by atoms with Crippen LogP contribution in [0.15, 0.2) is 24.5 Å². The minimum absolute atomic E-state index is 0.0202. The van der Waals surface area contributed by atoms with Crippen molar-refractivity contribution in [2.75, 3.05) is 13.6 Å². The van der Waals surface area contributed by atoms with E-state index in [2.05, 4.69) is 9.88 Å². The van der Waals surface area contributed by atoms with Crippen LogP contribution in [-0.4, -0.2) is 35.3 Å². The lowest BCUT2D eigenvalue weighted by molar-refractivity contribution is -0.122. The maximum absolute atomic E-state index is 11.5. The number of carbonyl (C=O) groups excluding carboxylic acids is 1. The first kappa shape index (κ1) is 12.8. The Balaban J connectivity index is 2.41. The van der Waals surface area contributed by atoms with Crippen molar-refractivity contribution in [3.8, 4) is 0 Å². The van der Waals surface area contributed by atoms with E-state index in [0.717, 1.165) is 13.0 Å². The second kappa shape index (κ2) is 6.38. The standard InChI is InChI=1S/C13H20N2O/c1-4-13(16)11(2)15(3)10-7-12-5-8-14-9-6-12/h5-6,8-9,11H,4,7,10H2,1-3H3. The summed E-state index contributed by atoms with van der Waals surface area (Å²) in [6.07, 6.45) is 5.17. The Hall–Kier alpha value is -1.22. The molecule has 1 aromatic rings. The molecule has 1 aromatic heterocycles. The summed E-state index contributed by atoms with van der Waals surface area (Å²) < 4.78 is 0. The zero-order chi connectivity index (χ0) is 12.0. The van der Waals surface area contributed by atoms with Crippen molar-refractivity contribution in [2.24, 2.45) is 0 Å². The highest BCUT2D eigenvalue weighted by Crippen LogP contribution is 2.03. The summed E-state index contributed by atoms with van der Waals surface area (Å²) in [5.74, 6) is 0.303. The van der Waals surface area contributed by atoms with Crippen LogP contribution in [0.25, 0.3) is 0 Å². The van der Waals surface area contributed by atoms with Crippen LogP contribution in [0.2, 0.25) is 0 Å². The number of likely N-dealkylation sites (N-methyl/N-ethyl adjacent to an activating group) is 1. The van der Waals surface area contributed by atoms with E-state index in [1.165, 1.54) is 5.56 Å². The number of ketones is 1. The van der Waals surface area contributed by atoms with Crippen molar-refractivity contribution in [3.05, 3.63) is 30.1 Å². The van der Waals surface area contributed by atoms with Crippen molar-refractivity contribution in [1.29, 1.82) is 0 Å². The maximum Gasteiger partial charge on any atom is 0.149 e. The van der Waals surface area contributed by atoms with Gasteiger partial charge in [0.15, 0.2) is 0 Å². The van der Waals surface area contributed by atoms with Gasteiger partial charge in [-0.15, -0.1) is 0 Å². The molecule has 1 unspecified atom stereocenters. The van der Waals surface area contributed by atoms with Gasteiger partial charge in [-0.2, -0.15) is 0 Å². The number of aromatic nitrogens is 1. The molecule has 1 rings (SSSR count). The van der Waals surface area contributed by atoms with Gasteiger partial charge in [-0.1, -0.05) is 6.92 Å². The number of rotatable bonds is 6. The largest absolute Gasteiger partial charge is 0.298 e. The van der Waals surface area contributed by atoms with Crippen molar-refractivity contribution in [2.45, 2.75) is 32.7 Å². The van der Waals surface area contributed by atoms with E-state index in [1.807, 2.05) is 33.0 Å². The highest BCUT2D eigenvalue weighted by Gasteiger charge is 2.15. The molecule has 1 atom stereocenters. The van der Waals surface area contributed by atoms with Crippen molar-refractivity contribution in [3.63, 3.8) is 0 Å². The Kier molecular flexibility index (Phi) is 5.12. The summed E-state index contributed by atoms with van der Waals surface area (Å²) in [5.41, 5.74) is 1.26. The number of hydrogen-bond donors (Lipinski definition) is 0. The first-order valence-electron chi connectivity index (χ1n) is 5.77. The second-order valence-corrected chi connectivity index (χ2v) is 4.08. The highest BCUT2D eigenvalue weighted by atomic mass is 16.1. The summed E-state index contributed by atoms with van der Waals surface area (Å²) in [4.78, 5) is 17.6. The quantitative estimate of drug-likeness (QED) is 0.734. The van der Waals surface area contributed by atoms with E-state index < -0.39 is 0 Å². The maximum atomic E-state index is 11.5. The van der Waals surface area contributed by atoms with Gasteiger partial charge < -0.3 is 0 Å². The Morgan fingerprint density at radius 2 is 2.06 bits per heavy atom. The van der Waals surface area contributed by atoms with Crippen LogP contribution in [0.5, 0.6) is 0 Å². The Morgan fingerprint density at radius 3 is 2.62 bits per heavy atom. The summed E-state index contributed by atoms with van der Waals surface area (Å²) >= 11 is 0. The number of nitrogens with zero attached hydrogens (tertiary/aromatic N) is 2. The Morgan fingerprint density at radius 1 is 1.44 bits per heavy atom. The van der Waals surface area contributed by atoms with Crippen molar-refractivity contribution < 1.29 is 4.79 Å². The molecule has 0 saturated heterocycles. The molecular formula is C13H20N2O. The first-order chi connectivity index (χ1) is 7.65. The molecule has 3 nitrogen and oxygen atoms in total. The normalized spacial score (nSPS) is 12.8. The first-order valence-corrected chi connectivity index (χ1v) is 5.77. The van der Waals surface area contributed by atoms with Crippen LogP contribution < -0.4 is 0 Å². The zero-order valence-corrected chi connectivity index (χ0v) is 10.3. The van der Waals surface area contributed by atoms with Gasteiger partial charge >= 0.3 is 0 Å². The van der Waals surface area contributed by atoms with Gasteiger partial charge in [0, 0.05) is 25.4 Å². The topological polar surface area (TPSA) is 33.2 Å². The lowest BCUT2D eigenvalue weighted by atomic mass is 10.1. The molecule has 1 heterocycles. The molecule has 0 bridgehead atoms. The molecule has 0 radical (unpaired) electrons. The van der Waals surface area contributed by atoms with E-state index in [1.54, 1.807) is 12.4 Å². The molecule has 3 heteroatoms. The zero-order valence-electron chi connectivity index (χ0n) is 10.3. The third kappa shape index (κ3) is 3.74. The molecule has 0 aromatic carbocycles. The SMILES string of the molecule is CCC(=O)C(C)N(C)CCc1ccncc1. The third-order valence-electron chi connectivity index (χ3n) is 2.98. The van der Waals surface area contributed by atoms with Crippen LogP contribution >= 0.6 is 0 Å². The molecule has 0 saturated carbocycles. The molecule has 0 aliphatic rings. The Bertz CT molecular complexity index is 324. The summed E-state index contributed by atoms with van der Waals surface area (Å²) in [6, 6.07) is 4.05. The van der Waals surface area contributed by atoms with Crippen LogP contribution in [0, 0.1) is 0 Å². The smallest absolute Gasteiger partial charge is 0.149 e. The van der Waals surface area contributed by atoms with Gasteiger partial charge in [0.1, 0.15) is 5.78 Å². The lowest BCUT2D eigenvalue weighted by Crippen LogP contribution is -2.36. The fraction of sp³-hybridized carbons (Fsp3) is 0.538. The fourth-order valence-electron chi connectivity index (χ4n) is 1.59. The fourth-order valence-corrected chi connectivity index (χ4v) is 1.59. The number of Topliss-reactive ketones (excluding diaryl/α,β-unsaturated/α-hetero) is 1. The van der Waals surface area contributed by atoms with E-state index in [-0.39, 0.29) is 6.04 Å². The number of carbonyl (C=O) groups is 1. The molecular weight excluding hydrogens is 200 g/mol. The third-order valence-corrected chi connectivity index (χ3v) is 2.98. The van der Waals surface area contributed by atoms with Gasteiger partial charge in [-0.3, -0.25) is 14.7 Å². The van der Waals surface area contributed by atoms with Crippen molar-refractivity contribution >= 4 is 5.78 Å². The van der Waals surface area contributed by atoms with Crippen LogP contribution in [-0.2, 0) is 11.2 Å². The predicted molar refractivity (Wildman–Crippen MR) is 65.3 cm³/mol. The van der Waals surface area contributed by atoms with E-state index in [0.29, 0.717) is 12.2 Å². The van der Waals surface area contributed by atoms with Crippen LogP contribution in [0.3, 0.4) is 0 Å². The molecule has 16 heavy (non-hydrogen) atoms. The minimum Gasteiger partial charge on any atom is -0.298 e. The van der Waals surface area contributed by atoms with E-state index in [9.17, 15) is 4.79 Å². The molecule has 0 aliphatic heterocycles. The molecule has 0 amide bonds. The van der Waals surface area contributed by atoms with Gasteiger partial charge in [-0.05, 0) is 38.1 Å². The van der Waals surface area contributed by atoms with Crippen LogP contribution in [0.4, 0.5) is 0 Å². The van der Waals surface area contributed by atoms with Gasteiger partial charge in [0.05, 0.1) is 6.04 Å². The summed E-state index contributed by atoms with van der Waals surface area (Å²) in [5, 5.41) is 0. The Labute approximate surface area is 97.5 Å². The van der Waals surface area contributed by atoms with Gasteiger partial charge in [0.2, 0.25) is 0 Å². The summed E-state index contributed by atoms with van der Waals surface area (Å²) in [6.45, 7) is 4.78. The lowest BCUT2D eigenvalue weighted by Gasteiger charge is -2.23. The van der Waals surface area contributed by atoms with Crippen molar-refractivity contribution in [1.82, 2.24) is 9.88 Å². The average molecular weight is 220 g/mol. The molecule has 88 valence electrons. The second-order valence-electron chi connectivity index (χ2n) is 4.08. The molecule has 0 spiro atoms. The molecule has 0 aliphatic carbocycles. The number of pyridine rings is 1. The summed E-state index contributed by atoms with van der Waals surface area (Å²) in [7, 11) is 2.00. The molecule has 0 fully saturated rings. The van der Waals surface area contributed by atoms with Gasteiger partial charge in [-0.25, -0.2) is 0 Å². The van der Waals surface area contributed by atoms with Gasteiger partial charge in [0.25, 0.3) is 0 Å². The van der Waals surface area contributed by atoms with Crippen LogP contribution in [0.1, 0.15) is 25.8 Å². The minimum atomic E-state index is 0.0202. The van der Waals surface area contributed by atoms with E-state index >= 15 is 0 Å².